The molecule has 0 amide bonds. The molecule has 2 unspecified atom stereocenters. The lowest BCUT2D eigenvalue weighted by atomic mass is 9.93. The van der Waals surface area contributed by atoms with Crippen LogP contribution in [0.4, 0.5) is 5.69 Å². The van der Waals surface area contributed by atoms with E-state index in [-0.39, 0.29) is 5.92 Å². The fourth-order valence-electron chi connectivity index (χ4n) is 2.68. The Morgan fingerprint density at radius 2 is 1.88 bits per heavy atom. The van der Waals surface area contributed by atoms with Gasteiger partial charge in [0.1, 0.15) is 0 Å². The standard InChI is InChI=1S/C20H25NO3/c1-4-12-24-19(20(22)23)14(2)15-8-10-16(11-9-15)17-6-5-7-18(13-17)21-3/h5-11,13-14,19,21H,4,12H2,1-3H3,(H,22,23). The predicted octanol–water partition coefficient (Wildman–Crippen LogP) is 4.38. The molecule has 2 aromatic rings. The summed E-state index contributed by atoms with van der Waals surface area (Å²) in [5.41, 5.74) is 4.25. The van der Waals surface area contributed by atoms with Gasteiger partial charge < -0.3 is 15.2 Å². The number of hydrogen-bond donors (Lipinski definition) is 2. The summed E-state index contributed by atoms with van der Waals surface area (Å²) < 4.78 is 5.51. The monoisotopic (exact) mass is 327 g/mol. The lowest BCUT2D eigenvalue weighted by Crippen LogP contribution is -2.30. The molecule has 4 heteroatoms. The maximum atomic E-state index is 11.4. The fourth-order valence-corrected chi connectivity index (χ4v) is 2.68. The van der Waals surface area contributed by atoms with Gasteiger partial charge in [-0.05, 0) is 35.2 Å². The third kappa shape index (κ3) is 4.36. The minimum absolute atomic E-state index is 0.202. The van der Waals surface area contributed by atoms with E-state index in [0.717, 1.165) is 28.8 Å². The molecule has 2 rings (SSSR count). The van der Waals surface area contributed by atoms with Crippen LogP contribution in [0.5, 0.6) is 0 Å². The lowest BCUT2D eigenvalue weighted by Gasteiger charge is -2.21. The molecule has 0 bridgehead atoms. The van der Waals surface area contributed by atoms with Crippen LogP contribution in [0.25, 0.3) is 11.1 Å². The Bertz CT molecular complexity index is 667. The molecule has 0 radical (unpaired) electrons. The summed E-state index contributed by atoms with van der Waals surface area (Å²) in [6.45, 7) is 4.32. The highest BCUT2D eigenvalue weighted by Gasteiger charge is 2.26. The first-order valence-electron chi connectivity index (χ1n) is 8.29. The number of carboxylic acid groups (broad SMARTS) is 1. The average Bonchev–Trinajstić information content (AvgIpc) is 2.61. The molecular weight excluding hydrogens is 302 g/mol. The van der Waals surface area contributed by atoms with E-state index in [1.807, 2.05) is 57.3 Å². The number of benzene rings is 2. The number of anilines is 1. The Morgan fingerprint density at radius 3 is 2.46 bits per heavy atom. The van der Waals surface area contributed by atoms with Crippen LogP contribution < -0.4 is 5.32 Å². The number of carbonyl (C=O) groups is 1. The second-order valence-corrected chi connectivity index (χ2v) is 5.87. The molecular formula is C20H25NO3. The Labute approximate surface area is 143 Å². The van der Waals surface area contributed by atoms with E-state index < -0.39 is 12.1 Å². The van der Waals surface area contributed by atoms with Gasteiger partial charge in [-0.3, -0.25) is 0 Å². The third-order valence-corrected chi connectivity index (χ3v) is 4.12. The maximum absolute atomic E-state index is 11.4. The molecule has 0 saturated heterocycles. The molecule has 128 valence electrons. The first-order chi connectivity index (χ1) is 11.6. The van der Waals surface area contributed by atoms with Crippen molar-refractivity contribution in [2.45, 2.75) is 32.3 Å². The molecule has 0 saturated carbocycles. The molecule has 0 heterocycles. The normalized spacial score (nSPS) is 13.3. The molecule has 0 aliphatic carbocycles. The van der Waals surface area contributed by atoms with Gasteiger partial charge in [0, 0.05) is 25.3 Å². The van der Waals surface area contributed by atoms with E-state index in [4.69, 9.17) is 4.74 Å². The van der Waals surface area contributed by atoms with Crippen molar-refractivity contribution in [1.82, 2.24) is 0 Å². The van der Waals surface area contributed by atoms with Crippen LogP contribution in [-0.4, -0.2) is 30.8 Å². The second-order valence-electron chi connectivity index (χ2n) is 5.87. The highest BCUT2D eigenvalue weighted by Crippen LogP contribution is 2.27. The largest absolute Gasteiger partial charge is 0.479 e. The quantitative estimate of drug-likeness (QED) is 0.755. The Kier molecular flexibility index (Phi) is 6.38. The van der Waals surface area contributed by atoms with E-state index in [2.05, 4.69) is 17.4 Å². The minimum Gasteiger partial charge on any atom is -0.479 e. The molecule has 0 aromatic heterocycles. The molecule has 0 aliphatic rings. The van der Waals surface area contributed by atoms with E-state index >= 15 is 0 Å². The summed E-state index contributed by atoms with van der Waals surface area (Å²) in [6.07, 6.45) is -0.0135. The van der Waals surface area contributed by atoms with Crippen LogP contribution in [-0.2, 0) is 9.53 Å². The maximum Gasteiger partial charge on any atom is 0.333 e. The highest BCUT2D eigenvalue weighted by molar-refractivity contribution is 5.74. The molecule has 2 N–H and O–H groups in total. The molecule has 0 fully saturated rings. The van der Waals surface area contributed by atoms with Crippen molar-refractivity contribution < 1.29 is 14.6 Å². The van der Waals surface area contributed by atoms with Gasteiger partial charge in [0.2, 0.25) is 0 Å². The molecule has 0 spiro atoms. The minimum atomic E-state index is -0.915. The van der Waals surface area contributed by atoms with E-state index in [9.17, 15) is 9.90 Å². The van der Waals surface area contributed by atoms with Gasteiger partial charge in [0.15, 0.2) is 6.10 Å². The molecule has 0 aliphatic heterocycles. The van der Waals surface area contributed by atoms with Gasteiger partial charge in [-0.2, -0.15) is 0 Å². The Morgan fingerprint density at radius 1 is 1.17 bits per heavy atom. The number of hydrogen-bond acceptors (Lipinski definition) is 3. The van der Waals surface area contributed by atoms with Crippen LogP contribution >= 0.6 is 0 Å². The predicted molar refractivity (Wildman–Crippen MR) is 97.5 cm³/mol. The van der Waals surface area contributed by atoms with Gasteiger partial charge in [0.05, 0.1) is 0 Å². The van der Waals surface area contributed by atoms with Gasteiger partial charge >= 0.3 is 5.97 Å². The summed E-state index contributed by atoms with van der Waals surface area (Å²) in [4.78, 5) is 11.4. The van der Waals surface area contributed by atoms with Crippen LogP contribution in [0.1, 0.15) is 31.7 Å². The second kappa shape index (κ2) is 8.50. The fraction of sp³-hybridized carbons (Fsp3) is 0.350. The van der Waals surface area contributed by atoms with Crippen LogP contribution in [0, 0.1) is 0 Å². The van der Waals surface area contributed by atoms with Crippen molar-refractivity contribution in [2.75, 3.05) is 19.0 Å². The summed E-state index contributed by atoms with van der Waals surface area (Å²) in [5, 5.41) is 12.5. The molecule has 2 aromatic carbocycles. The van der Waals surface area contributed by atoms with Crippen molar-refractivity contribution in [3.63, 3.8) is 0 Å². The smallest absolute Gasteiger partial charge is 0.333 e. The average molecular weight is 327 g/mol. The van der Waals surface area contributed by atoms with Gasteiger partial charge in [-0.15, -0.1) is 0 Å². The van der Waals surface area contributed by atoms with E-state index in [1.165, 1.54) is 0 Å². The van der Waals surface area contributed by atoms with Gasteiger partial charge in [-0.25, -0.2) is 4.79 Å². The summed E-state index contributed by atoms with van der Waals surface area (Å²) in [6, 6.07) is 16.2. The first-order valence-corrected chi connectivity index (χ1v) is 8.29. The molecule has 4 nitrogen and oxygen atoms in total. The van der Waals surface area contributed by atoms with Gasteiger partial charge in [-0.1, -0.05) is 50.2 Å². The van der Waals surface area contributed by atoms with Gasteiger partial charge in [0.25, 0.3) is 0 Å². The Balaban J connectivity index is 2.19. The number of aliphatic carboxylic acids is 1. The number of carboxylic acids is 1. The SMILES string of the molecule is CCCOC(C(=O)O)C(C)c1ccc(-c2cccc(NC)c2)cc1. The number of ether oxygens (including phenoxy) is 1. The van der Waals surface area contributed by atoms with Crippen molar-refractivity contribution in [1.29, 1.82) is 0 Å². The van der Waals surface area contributed by atoms with E-state index in [0.29, 0.717) is 6.61 Å². The Hall–Kier alpha value is -2.33. The number of nitrogens with one attached hydrogen (secondary N) is 1. The topological polar surface area (TPSA) is 58.6 Å². The van der Waals surface area contributed by atoms with Crippen LogP contribution in [0.2, 0.25) is 0 Å². The summed E-state index contributed by atoms with van der Waals surface area (Å²) in [7, 11) is 1.90. The van der Waals surface area contributed by atoms with Crippen LogP contribution in [0.15, 0.2) is 48.5 Å². The zero-order valence-corrected chi connectivity index (χ0v) is 14.5. The summed E-state index contributed by atoms with van der Waals surface area (Å²) >= 11 is 0. The zero-order valence-electron chi connectivity index (χ0n) is 14.5. The summed E-state index contributed by atoms with van der Waals surface area (Å²) in [5.74, 6) is -1.12. The molecule has 2 atom stereocenters. The van der Waals surface area contributed by atoms with Crippen molar-refractivity contribution in [2.24, 2.45) is 0 Å². The van der Waals surface area contributed by atoms with Crippen molar-refractivity contribution >= 4 is 11.7 Å². The molecule has 24 heavy (non-hydrogen) atoms. The highest BCUT2D eigenvalue weighted by atomic mass is 16.5. The number of rotatable bonds is 8. The van der Waals surface area contributed by atoms with Crippen molar-refractivity contribution in [3.05, 3.63) is 54.1 Å². The van der Waals surface area contributed by atoms with Crippen LogP contribution in [0.3, 0.4) is 0 Å². The first kappa shape index (κ1) is 18.0. The van der Waals surface area contributed by atoms with E-state index in [1.54, 1.807) is 0 Å². The lowest BCUT2D eigenvalue weighted by molar-refractivity contribution is -0.151. The van der Waals surface area contributed by atoms with Crippen molar-refractivity contribution in [3.8, 4) is 11.1 Å². The zero-order chi connectivity index (χ0) is 17.5. The third-order valence-electron chi connectivity index (χ3n) is 4.12.